The molecule has 12 heteroatoms. The highest BCUT2D eigenvalue weighted by Crippen LogP contribution is 2.50. The van der Waals surface area contributed by atoms with Gasteiger partial charge in [-0.2, -0.15) is 18.3 Å². The lowest BCUT2D eigenvalue weighted by molar-refractivity contribution is -0.137. The van der Waals surface area contributed by atoms with Crippen LogP contribution >= 0.6 is 0 Å². The third kappa shape index (κ3) is 4.42. The second-order valence-electron chi connectivity index (χ2n) is 8.82. The number of nitrogens with one attached hydrogen (secondary N) is 1. The van der Waals surface area contributed by atoms with Gasteiger partial charge in [-0.3, -0.25) is 0 Å². The Hall–Kier alpha value is -3.05. The fourth-order valence-corrected chi connectivity index (χ4v) is 4.86. The third-order valence-corrected chi connectivity index (χ3v) is 6.59. The summed E-state index contributed by atoms with van der Waals surface area (Å²) < 4.78 is 65.4. The highest BCUT2D eigenvalue weighted by molar-refractivity contribution is 5.71. The van der Waals surface area contributed by atoms with E-state index in [0.717, 1.165) is 50.9 Å². The molecule has 0 bridgehead atoms. The molecule has 3 aromatic rings. The molecule has 7 nitrogen and oxygen atoms in total. The van der Waals surface area contributed by atoms with Crippen molar-refractivity contribution < 1.29 is 22.0 Å². The number of hydrogen-bond donors (Lipinski definition) is 1. The van der Waals surface area contributed by atoms with Crippen LogP contribution in [-0.4, -0.2) is 50.3 Å². The number of piperidine rings is 1. The number of aromatic nitrogens is 5. The SMILES string of the molecule is FC(F)Cn1ncc2ncc(N3CCC4(CC3)CC(Nc3cc(C(F)(F)F)ccn3)C4)nc21. The first-order chi connectivity index (χ1) is 15.7. The van der Waals surface area contributed by atoms with Crippen LogP contribution in [0, 0.1) is 5.41 Å². The van der Waals surface area contributed by atoms with Gasteiger partial charge in [-0.05, 0) is 43.2 Å². The Morgan fingerprint density at radius 1 is 1.12 bits per heavy atom. The summed E-state index contributed by atoms with van der Waals surface area (Å²) in [7, 11) is 0. The monoisotopic (exact) mass is 467 g/mol. The maximum Gasteiger partial charge on any atom is 0.416 e. The first-order valence-corrected chi connectivity index (χ1v) is 10.7. The van der Waals surface area contributed by atoms with Crippen molar-refractivity contribution in [2.45, 2.75) is 50.9 Å². The summed E-state index contributed by atoms with van der Waals surface area (Å²) in [5.41, 5.74) is 0.249. The van der Waals surface area contributed by atoms with Crippen LogP contribution in [0.4, 0.5) is 33.6 Å². The van der Waals surface area contributed by atoms with Crippen molar-refractivity contribution in [3.05, 3.63) is 36.3 Å². The van der Waals surface area contributed by atoms with Crippen molar-refractivity contribution in [1.82, 2.24) is 24.7 Å². The number of alkyl halides is 5. The molecule has 176 valence electrons. The van der Waals surface area contributed by atoms with Gasteiger partial charge in [-0.25, -0.2) is 28.4 Å². The van der Waals surface area contributed by atoms with Crippen LogP contribution in [-0.2, 0) is 12.7 Å². The molecule has 0 atom stereocenters. The molecule has 5 rings (SSSR count). The second kappa shape index (κ2) is 8.07. The van der Waals surface area contributed by atoms with E-state index in [9.17, 15) is 22.0 Å². The summed E-state index contributed by atoms with van der Waals surface area (Å²) in [5, 5.41) is 7.07. The predicted molar refractivity (Wildman–Crippen MR) is 111 cm³/mol. The summed E-state index contributed by atoms with van der Waals surface area (Å²) in [6.45, 7) is 0.968. The first-order valence-electron chi connectivity index (χ1n) is 10.7. The Bertz CT molecular complexity index is 1130. The Labute approximate surface area is 186 Å². The van der Waals surface area contributed by atoms with E-state index in [1.54, 1.807) is 6.20 Å². The van der Waals surface area contributed by atoms with Crippen molar-refractivity contribution in [2.75, 3.05) is 23.3 Å². The quantitative estimate of drug-likeness (QED) is 0.562. The van der Waals surface area contributed by atoms with E-state index in [1.165, 1.54) is 17.1 Å². The predicted octanol–water partition coefficient (Wildman–Crippen LogP) is 4.37. The summed E-state index contributed by atoms with van der Waals surface area (Å²) >= 11 is 0. The molecule has 1 aliphatic heterocycles. The summed E-state index contributed by atoms with van der Waals surface area (Å²) in [6.07, 6.45) is 0.877. The number of fused-ring (bicyclic) bond motifs is 1. The first kappa shape index (κ1) is 21.8. The molecule has 0 unspecified atom stereocenters. The molecule has 4 heterocycles. The van der Waals surface area contributed by atoms with Crippen molar-refractivity contribution in [1.29, 1.82) is 0 Å². The zero-order valence-corrected chi connectivity index (χ0v) is 17.6. The topological polar surface area (TPSA) is 71.8 Å². The van der Waals surface area contributed by atoms with E-state index in [2.05, 4.69) is 30.3 Å². The third-order valence-electron chi connectivity index (χ3n) is 6.59. The van der Waals surface area contributed by atoms with Gasteiger partial charge in [-0.15, -0.1) is 0 Å². The van der Waals surface area contributed by atoms with Gasteiger partial charge >= 0.3 is 6.18 Å². The van der Waals surface area contributed by atoms with E-state index in [4.69, 9.17) is 0 Å². The van der Waals surface area contributed by atoms with Gasteiger partial charge in [0.25, 0.3) is 6.43 Å². The molecule has 2 fully saturated rings. The molecule has 3 aromatic heterocycles. The maximum atomic E-state index is 12.9. The van der Waals surface area contributed by atoms with E-state index in [1.807, 2.05) is 0 Å². The number of halogens is 5. The van der Waals surface area contributed by atoms with E-state index < -0.39 is 24.7 Å². The lowest BCUT2D eigenvalue weighted by atomic mass is 9.60. The molecule has 1 N–H and O–H groups in total. The molecule has 33 heavy (non-hydrogen) atoms. The minimum Gasteiger partial charge on any atom is -0.367 e. The zero-order chi connectivity index (χ0) is 23.2. The fourth-order valence-electron chi connectivity index (χ4n) is 4.86. The highest BCUT2D eigenvalue weighted by Gasteiger charge is 2.46. The Balaban J connectivity index is 1.19. The van der Waals surface area contributed by atoms with Crippen molar-refractivity contribution in [3.8, 4) is 0 Å². The highest BCUT2D eigenvalue weighted by atomic mass is 19.4. The van der Waals surface area contributed by atoms with Gasteiger partial charge in [0, 0.05) is 25.3 Å². The molecular weight excluding hydrogens is 445 g/mol. The summed E-state index contributed by atoms with van der Waals surface area (Å²) in [6, 6.07) is 2.10. The molecule has 1 saturated carbocycles. The van der Waals surface area contributed by atoms with Gasteiger partial charge in [0.2, 0.25) is 0 Å². The van der Waals surface area contributed by atoms with Crippen LogP contribution in [0.25, 0.3) is 11.2 Å². The van der Waals surface area contributed by atoms with Gasteiger partial charge in [-0.1, -0.05) is 0 Å². The van der Waals surface area contributed by atoms with Crippen molar-refractivity contribution >= 4 is 22.8 Å². The summed E-state index contributed by atoms with van der Waals surface area (Å²) in [4.78, 5) is 14.9. The molecule has 0 amide bonds. The average Bonchev–Trinajstić information content (AvgIpc) is 3.14. The Morgan fingerprint density at radius 3 is 2.58 bits per heavy atom. The fraction of sp³-hybridized carbons (Fsp3) is 0.524. The van der Waals surface area contributed by atoms with Gasteiger partial charge in [0.1, 0.15) is 23.7 Å². The van der Waals surface area contributed by atoms with Crippen molar-refractivity contribution in [3.63, 3.8) is 0 Å². The Kier molecular flexibility index (Phi) is 5.32. The standard InChI is InChI=1S/C21H22F5N7/c22-16(23)12-33-19-15(10-29-33)28-11-18(31-19)32-5-2-20(3-6-32)8-14(9-20)30-17-7-13(1-4-27-17)21(24,25)26/h1,4,7,10-11,14,16H,2-3,5-6,8-9,12H2,(H,27,30). The van der Waals surface area contributed by atoms with Crippen LogP contribution in [0.15, 0.2) is 30.7 Å². The smallest absolute Gasteiger partial charge is 0.367 e. The van der Waals surface area contributed by atoms with E-state index in [-0.39, 0.29) is 17.3 Å². The lowest BCUT2D eigenvalue weighted by Crippen LogP contribution is -2.51. The number of hydrogen-bond acceptors (Lipinski definition) is 6. The molecule has 1 spiro atoms. The van der Waals surface area contributed by atoms with Gasteiger partial charge in [0.05, 0.1) is 18.0 Å². The van der Waals surface area contributed by atoms with Gasteiger partial charge in [0.15, 0.2) is 5.65 Å². The molecule has 1 aliphatic carbocycles. The minimum absolute atomic E-state index is 0.0902. The lowest BCUT2D eigenvalue weighted by Gasteiger charge is -2.52. The molecule has 0 radical (unpaired) electrons. The zero-order valence-electron chi connectivity index (χ0n) is 17.6. The van der Waals surface area contributed by atoms with Crippen LogP contribution in [0.3, 0.4) is 0 Å². The number of pyridine rings is 1. The number of nitrogens with zero attached hydrogens (tertiary/aromatic N) is 6. The number of rotatable bonds is 5. The molecule has 0 aromatic carbocycles. The normalized spacial score (nSPS) is 18.8. The van der Waals surface area contributed by atoms with Crippen LogP contribution in [0.5, 0.6) is 0 Å². The number of anilines is 2. The van der Waals surface area contributed by atoms with E-state index >= 15 is 0 Å². The van der Waals surface area contributed by atoms with Crippen LogP contribution in [0.2, 0.25) is 0 Å². The van der Waals surface area contributed by atoms with Gasteiger partial charge < -0.3 is 10.2 Å². The van der Waals surface area contributed by atoms with Crippen LogP contribution < -0.4 is 10.2 Å². The summed E-state index contributed by atoms with van der Waals surface area (Å²) in [5.74, 6) is 0.877. The second-order valence-corrected chi connectivity index (χ2v) is 8.82. The largest absolute Gasteiger partial charge is 0.416 e. The molecule has 2 aliphatic rings. The van der Waals surface area contributed by atoms with E-state index in [0.29, 0.717) is 17.0 Å². The van der Waals surface area contributed by atoms with Crippen LogP contribution in [0.1, 0.15) is 31.2 Å². The molecular formula is C21H22F5N7. The molecule has 1 saturated heterocycles. The Morgan fingerprint density at radius 2 is 1.88 bits per heavy atom. The van der Waals surface area contributed by atoms with Crippen molar-refractivity contribution in [2.24, 2.45) is 5.41 Å². The average molecular weight is 467 g/mol. The maximum absolute atomic E-state index is 12.9. The minimum atomic E-state index is -4.39.